The number of benzene rings is 3. The molecule has 2 heterocycles. The molecule has 8 heteroatoms. The summed E-state index contributed by atoms with van der Waals surface area (Å²) >= 11 is 3.56. The summed E-state index contributed by atoms with van der Waals surface area (Å²) in [4.78, 5) is 18.1. The van der Waals surface area contributed by atoms with E-state index in [1.807, 2.05) is 60.0 Å². The maximum atomic E-state index is 11.3. The Morgan fingerprint density at radius 1 is 1.03 bits per heavy atom. The van der Waals surface area contributed by atoms with Crippen LogP contribution in [0.3, 0.4) is 0 Å². The second-order valence-corrected chi connectivity index (χ2v) is 8.38. The van der Waals surface area contributed by atoms with Crippen molar-refractivity contribution < 1.29 is 4.79 Å². The van der Waals surface area contributed by atoms with Gasteiger partial charge in [-0.2, -0.15) is 4.98 Å². The van der Waals surface area contributed by atoms with Crippen LogP contribution in [0.1, 0.15) is 6.92 Å². The first-order chi connectivity index (χ1) is 15.5. The third-order valence-corrected chi connectivity index (χ3v) is 5.78. The van der Waals surface area contributed by atoms with Crippen molar-refractivity contribution in [2.45, 2.75) is 6.92 Å². The molecule has 0 atom stereocenters. The third-order valence-electron chi connectivity index (χ3n) is 5.29. The van der Waals surface area contributed by atoms with E-state index in [9.17, 15) is 4.79 Å². The second-order valence-electron chi connectivity index (χ2n) is 7.47. The molecule has 0 fully saturated rings. The summed E-state index contributed by atoms with van der Waals surface area (Å²) in [7, 11) is 2.00. The van der Waals surface area contributed by atoms with Crippen molar-refractivity contribution in [3.05, 3.63) is 77.5 Å². The van der Waals surface area contributed by atoms with Crippen molar-refractivity contribution in [2.24, 2.45) is 0 Å². The smallest absolute Gasteiger partial charge is 0.257 e. The van der Waals surface area contributed by atoms with Gasteiger partial charge in [-0.25, -0.2) is 0 Å². The molecule has 5 aromatic rings. The minimum atomic E-state index is -0.0854. The molecule has 1 amide bonds. The van der Waals surface area contributed by atoms with Gasteiger partial charge in [-0.05, 0) is 53.6 Å². The van der Waals surface area contributed by atoms with Crippen LogP contribution in [0.4, 0.5) is 17.2 Å². The largest absolute Gasteiger partial charge is 0.329 e. The van der Waals surface area contributed by atoms with Crippen LogP contribution in [0.2, 0.25) is 0 Å². The summed E-state index contributed by atoms with van der Waals surface area (Å²) < 4.78 is 2.86. The Morgan fingerprint density at radius 3 is 2.62 bits per heavy atom. The molecule has 0 aliphatic heterocycles. The molecule has 158 valence electrons. The lowest BCUT2D eigenvalue weighted by Gasteiger charge is -2.21. The number of hydrogen-bond donors (Lipinski definition) is 1. The first-order valence-corrected chi connectivity index (χ1v) is 10.8. The molecule has 0 saturated heterocycles. The van der Waals surface area contributed by atoms with Gasteiger partial charge < -0.3 is 10.2 Å². The van der Waals surface area contributed by atoms with Crippen molar-refractivity contribution in [3.8, 4) is 11.1 Å². The lowest BCUT2D eigenvalue weighted by molar-refractivity contribution is -0.114. The lowest BCUT2D eigenvalue weighted by Crippen LogP contribution is -2.13. The van der Waals surface area contributed by atoms with Gasteiger partial charge in [0.25, 0.3) is 5.78 Å². The van der Waals surface area contributed by atoms with Gasteiger partial charge in [0.1, 0.15) is 12.1 Å². The van der Waals surface area contributed by atoms with Crippen LogP contribution in [0.5, 0.6) is 0 Å². The molecule has 5 rings (SSSR count). The van der Waals surface area contributed by atoms with Crippen molar-refractivity contribution in [1.29, 1.82) is 0 Å². The van der Waals surface area contributed by atoms with E-state index in [0.717, 1.165) is 43.7 Å². The molecule has 1 N–H and O–H groups in total. The Hall–Kier alpha value is -3.78. The third kappa shape index (κ3) is 3.69. The number of nitrogens with zero attached hydrogens (tertiary/aromatic N) is 5. The molecule has 32 heavy (non-hydrogen) atoms. The molecular formula is C24H19BrN6O. The zero-order valence-corrected chi connectivity index (χ0v) is 19.0. The fourth-order valence-electron chi connectivity index (χ4n) is 3.74. The number of anilines is 3. The Kier molecular flexibility index (Phi) is 5.07. The molecule has 0 spiro atoms. The molecule has 0 saturated carbocycles. The van der Waals surface area contributed by atoms with Gasteiger partial charge >= 0.3 is 0 Å². The van der Waals surface area contributed by atoms with Crippen molar-refractivity contribution in [2.75, 3.05) is 17.3 Å². The Bertz CT molecular complexity index is 1460. The zero-order valence-electron chi connectivity index (χ0n) is 17.5. The van der Waals surface area contributed by atoms with Gasteiger partial charge in [-0.3, -0.25) is 9.20 Å². The second kappa shape index (κ2) is 8.05. The first kappa shape index (κ1) is 20.1. The van der Waals surface area contributed by atoms with E-state index >= 15 is 0 Å². The van der Waals surface area contributed by atoms with Gasteiger partial charge in [0.05, 0.1) is 5.52 Å². The summed E-state index contributed by atoms with van der Waals surface area (Å²) in [5, 5.41) is 12.0. The quantitative estimate of drug-likeness (QED) is 0.366. The van der Waals surface area contributed by atoms with Crippen LogP contribution >= 0.6 is 15.9 Å². The van der Waals surface area contributed by atoms with E-state index < -0.39 is 0 Å². The SMILES string of the molecule is CC(=O)Nc1ccc(-c2cccc(N(C)c3nc4nncn4c4cc(Br)ccc34)c2)cc1. The first-order valence-electron chi connectivity index (χ1n) is 10.0. The van der Waals surface area contributed by atoms with Gasteiger partial charge in [0, 0.05) is 35.2 Å². The molecule has 0 aliphatic rings. The average Bonchev–Trinajstić information content (AvgIpc) is 3.27. The average molecular weight is 487 g/mol. The predicted molar refractivity (Wildman–Crippen MR) is 130 cm³/mol. The van der Waals surface area contributed by atoms with Gasteiger partial charge in [0.15, 0.2) is 0 Å². The molecular weight excluding hydrogens is 468 g/mol. The molecule has 7 nitrogen and oxygen atoms in total. The Balaban J connectivity index is 1.56. The standard InChI is InChI=1S/C24H19BrN6O/c1-15(32)27-19-9-6-16(7-10-19)17-4-3-5-20(12-17)30(2)23-21-11-8-18(25)13-22(21)31-14-26-29-24(31)28-23/h3-14H,1-2H3,(H,27,32). The van der Waals surface area contributed by atoms with Crippen LogP contribution in [0.15, 0.2) is 77.5 Å². The number of amides is 1. The van der Waals surface area contributed by atoms with E-state index in [1.165, 1.54) is 6.92 Å². The summed E-state index contributed by atoms with van der Waals surface area (Å²) in [6.45, 7) is 1.50. The number of carbonyl (C=O) groups is 1. The van der Waals surface area contributed by atoms with E-state index in [1.54, 1.807) is 6.33 Å². The highest BCUT2D eigenvalue weighted by atomic mass is 79.9. The fourth-order valence-corrected chi connectivity index (χ4v) is 4.09. The van der Waals surface area contributed by atoms with Crippen molar-refractivity contribution in [1.82, 2.24) is 19.6 Å². The monoisotopic (exact) mass is 486 g/mol. The number of carbonyl (C=O) groups excluding carboxylic acids is 1. The van der Waals surface area contributed by atoms with Crippen molar-refractivity contribution >= 4 is 55.7 Å². The highest BCUT2D eigenvalue weighted by Crippen LogP contribution is 2.33. The summed E-state index contributed by atoms with van der Waals surface area (Å²) in [6, 6.07) is 22.1. The maximum absolute atomic E-state index is 11.3. The number of nitrogens with one attached hydrogen (secondary N) is 1. The normalized spacial score (nSPS) is 11.1. The number of fused-ring (bicyclic) bond motifs is 3. The minimum absolute atomic E-state index is 0.0854. The summed E-state index contributed by atoms with van der Waals surface area (Å²) in [5.41, 5.74) is 4.87. The molecule has 2 aromatic heterocycles. The molecule has 0 bridgehead atoms. The van der Waals surface area contributed by atoms with Crippen LogP contribution in [-0.2, 0) is 4.79 Å². The van der Waals surface area contributed by atoms with Crippen molar-refractivity contribution in [3.63, 3.8) is 0 Å². The molecule has 0 aliphatic carbocycles. The van der Waals surface area contributed by atoms with E-state index in [-0.39, 0.29) is 5.91 Å². The number of rotatable bonds is 4. The molecule has 0 unspecified atom stereocenters. The van der Waals surface area contributed by atoms with E-state index in [4.69, 9.17) is 4.98 Å². The highest BCUT2D eigenvalue weighted by molar-refractivity contribution is 9.10. The zero-order chi connectivity index (χ0) is 22.2. The number of aromatic nitrogens is 4. The van der Waals surface area contributed by atoms with Crippen LogP contribution in [0.25, 0.3) is 27.8 Å². The van der Waals surface area contributed by atoms with Crippen LogP contribution < -0.4 is 10.2 Å². The summed E-state index contributed by atoms with van der Waals surface area (Å²) in [5.74, 6) is 1.26. The van der Waals surface area contributed by atoms with E-state index in [0.29, 0.717) is 5.78 Å². The maximum Gasteiger partial charge on any atom is 0.257 e. The highest BCUT2D eigenvalue weighted by Gasteiger charge is 2.15. The number of hydrogen-bond acceptors (Lipinski definition) is 5. The minimum Gasteiger partial charge on any atom is -0.329 e. The lowest BCUT2D eigenvalue weighted by atomic mass is 10.0. The Labute approximate surface area is 192 Å². The van der Waals surface area contributed by atoms with Gasteiger partial charge in [0.2, 0.25) is 5.91 Å². The Morgan fingerprint density at radius 2 is 1.84 bits per heavy atom. The fraction of sp³-hybridized carbons (Fsp3) is 0.0833. The molecule has 3 aromatic carbocycles. The van der Waals surface area contributed by atoms with Gasteiger partial charge in [-0.1, -0.05) is 40.2 Å². The van der Waals surface area contributed by atoms with Crippen LogP contribution in [0, 0.1) is 0 Å². The van der Waals surface area contributed by atoms with Gasteiger partial charge in [-0.15, -0.1) is 10.2 Å². The van der Waals surface area contributed by atoms with Crippen LogP contribution in [-0.4, -0.2) is 32.5 Å². The number of halogens is 1. The summed E-state index contributed by atoms with van der Waals surface area (Å²) in [6.07, 6.45) is 1.67. The molecule has 0 radical (unpaired) electrons. The van der Waals surface area contributed by atoms with E-state index in [2.05, 4.69) is 54.5 Å². The topological polar surface area (TPSA) is 75.4 Å². The predicted octanol–water partition coefficient (Wildman–Crippen LogP) is 5.43.